The molecule has 4 nitrogen and oxygen atoms in total. The molecule has 0 spiro atoms. The second kappa shape index (κ2) is 7.09. The molecule has 0 bridgehead atoms. The molecule has 0 radical (unpaired) electrons. The zero-order valence-electron chi connectivity index (χ0n) is 11.2. The van der Waals surface area contributed by atoms with Crippen LogP contribution in [-0.2, 0) is 6.54 Å². The Bertz CT molecular complexity index is 581. The largest absolute Gasteiger partial charge is 0.380 e. The van der Waals surface area contributed by atoms with Crippen LogP contribution < -0.4 is 10.6 Å². The first-order valence-electron chi connectivity index (χ1n) is 6.42. The maximum Gasteiger partial charge on any atom is 0.253 e. The first kappa shape index (κ1) is 13.8. The summed E-state index contributed by atoms with van der Waals surface area (Å²) in [6.07, 6.45) is 5.16. The summed E-state index contributed by atoms with van der Waals surface area (Å²) in [4.78, 5) is 16.0. The van der Waals surface area contributed by atoms with Crippen LogP contribution in [0.25, 0.3) is 0 Å². The van der Waals surface area contributed by atoms with Crippen molar-refractivity contribution in [1.82, 2.24) is 10.3 Å². The average molecular weight is 267 g/mol. The quantitative estimate of drug-likeness (QED) is 0.791. The number of para-hydroxylation sites is 1. The summed E-state index contributed by atoms with van der Waals surface area (Å²) < 4.78 is 0. The van der Waals surface area contributed by atoms with Gasteiger partial charge in [0.25, 0.3) is 5.91 Å². The predicted molar refractivity (Wildman–Crippen MR) is 80.5 cm³/mol. The molecule has 1 aromatic heterocycles. The first-order valence-corrected chi connectivity index (χ1v) is 6.42. The van der Waals surface area contributed by atoms with Crippen LogP contribution in [0.5, 0.6) is 0 Å². The fourth-order valence-corrected chi connectivity index (χ4v) is 1.79. The number of nitrogens with one attached hydrogen (secondary N) is 2. The number of carbonyl (C=O) groups is 1. The van der Waals surface area contributed by atoms with Gasteiger partial charge in [0.05, 0.1) is 5.56 Å². The van der Waals surface area contributed by atoms with Gasteiger partial charge in [0.2, 0.25) is 0 Å². The fourth-order valence-electron chi connectivity index (χ4n) is 1.79. The molecule has 0 aliphatic carbocycles. The Hall–Kier alpha value is -2.62. The Morgan fingerprint density at radius 1 is 1.20 bits per heavy atom. The molecule has 0 atom stereocenters. The van der Waals surface area contributed by atoms with Crippen LogP contribution in [-0.4, -0.2) is 17.4 Å². The third-order valence-corrected chi connectivity index (χ3v) is 2.81. The number of hydrogen-bond donors (Lipinski definition) is 2. The molecule has 102 valence electrons. The maximum atomic E-state index is 12.0. The lowest BCUT2D eigenvalue weighted by molar-refractivity contribution is 0.0959. The van der Waals surface area contributed by atoms with E-state index in [9.17, 15) is 4.79 Å². The number of rotatable bonds is 6. The Labute approximate surface area is 118 Å². The molecule has 0 aliphatic rings. The van der Waals surface area contributed by atoms with Crippen LogP contribution in [0.4, 0.5) is 5.69 Å². The van der Waals surface area contributed by atoms with Crippen LogP contribution in [0.1, 0.15) is 15.9 Å². The van der Waals surface area contributed by atoms with Gasteiger partial charge in [0.15, 0.2) is 0 Å². The molecule has 4 heteroatoms. The van der Waals surface area contributed by atoms with Crippen LogP contribution in [0.15, 0.2) is 61.4 Å². The molecule has 1 amide bonds. The van der Waals surface area contributed by atoms with E-state index in [1.165, 1.54) is 0 Å². The van der Waals surface area contributed by atoms with Crippen molar-refractivity contribution in [3.63, 3.8) is 0 Å². The van der Waals surface area contributed by atoms with E-state index >= 15 is 0 Å². The van der Waals surface area contributed by atoms with Crippen molar-refractivity contribution in [2.75, 3.05) is 11.9 Å². The molecule has 0 unspecified atom stereocenters. The minimum absolute atomic E-state index is 0.109. The van der Waals surface area contributed by atoms with Crippen molar-refractivity contribution >= 4 is 11.6 Å². The van der Waals surface area contributed by atoms with Crippen molar-refractivity contribution in [3.8, 4) is 0 Å². The van der Waals surface area contributed by atoms with E-state index < -0.39 is 0 Å². The molecule has 0 aliphatic heterocycles. The summed E-state index contributed by atoms with van der Waals surface area (Å²) in [7, 11) is 0. The molecule has 2 N–H and O–H groups in total. The highest BCUT2D eigenvalue weighted by atomic mass is 16.1. The van der Waals surface area contributed by atoms with Crippen molar-refractivity contribution in [1.29, 1.82) is 0 Å². The number of aromatic nitrogens is 1. The average Bonchev–Trinajstić information content (AvgIpc) is 2.52. The summed E-state index contributed by atoms with van der Waals surface area (Å²) in [5, 5.41) is 6.05. The minimum atomic E-state index is -0.109. The molecule has 0 saturated heterocycles. The number of anilines is 1. The Kier molecular flexibility index (Phi) is 4.89. The van der Waals surface area contributed by atoms with Crippen LogP contribution >= 0.6 is 0 Å². The highest BCUT2D eigenvalue weighted by molar-refractivity contribution is 5.99. The second-order valence-corrected chi connectivity index (χ2v) is 4.25. The number of benzene rings is 1. The third kappa shape index (κ3) is 3.68. The lowest BCUT2D eigenvalue weighted by atomic mass is 10.1. The van der Waals surface area contributed by atoms with Gasteiger partial charge in [-0.05, 0) is 29.8 Å². The van der Waals surface area contributed by atoms with E-state index in [0.29, 0.717) is 18.7 Å². The van der Waals surface area contributed by atoms with Gasteiger partial charge >= 0.3 is 0 Å². The molecular weight excluding hydrogens is 250 g/mol. The topological polar surface area (TPSA) is 54.0 Å². The third-order valence-electron chi connectivity index (χ3n) is 2.81. The fraction of sp³-hybridized carbons (Fsp3) is 0.125. The van der Waals surface area contributed by atoms with E-state index in [4.69, 9.17) is 0 Å². The number of hydrogen-bond acceptors (Lipinski definition) is 3. The Morgan fingerprint density at radius 3 is 2.70 bits per heavy atom. The van der Waals surface area contributed by atoms with E-state index in [2.05, 4.69) is 22.2 Å². The van der Waals surface area contributed by atoms with Gasteiger partial charge < -0.3 is 10.6 Å². The van der Waals surface area contributed by atoms with Crippen LogP contribution in [0.2, 0.25) is 0 Å². The van der Waals surface area contributed by atoms with Gasteiger partial charge in [-0.1, -0.05) is 18.2 Å². The minimum Gasteiger partial charge on any atom is -0.380 e. The lowest BCUT2D eigenvalue weighted by Crippen LogP contribution is -2.24. The highest BCUT2D eigenvalue weighted by Crippen LogP contribution is 2.16. The van der Waals surface area contributed by atoms with Gasteiger partial charge in [0, 0.05) is 31.2 Å². The highest BCUT2D eigenvalue weighted by Gasteiger charge is 2.09. The second-order valence-electron chi connectivity index (χ2n) is 4.25. The molecule has 0 fully saturated rings. The first-order chi connectivity index (χ1) is 9.81. The van der Waals surface area contributed by atoms with E-state index in [1.54, 1.807) is 24.5 Å². The van der Waals surface area contributed by atoms with Gasteiger partial charge in [0.1, 0.15) is 0 Å². The summed E-state index contributed by atoms with van der Waals surface area (Å²) in [6, 6.07) is 11.3. The van der Waals surface area contributed by atoms with E-state index in [0.717, 1.165) is 11.3 Å². The monoisotopic (exact) mass is 267 g/mol. The smallest absolute Gasteiger partial charge is 0.253 e. The van der Waals surface area contributed by atoms with Crippen LogP contribution in [0, 0.1) is 0 Å². The predicted octanol–water partition coefficient (Wildman–Crippen LogP) is 2.61. The van der Waals surface area contributed by atoms with Crippen molar-refractivity contribution in [3.05, 3.63) is 72.6 Å². The molecule has 0 saturated carbocycles. The zero-order valence-corrected chi connectivity index (χ0v) is 11.2. The number of pyridine rings is 1. The summed E-state index contributed by atoms with van der Waals surface area (Å²) >= 11 is 0. The number of nitrogens with zero attached hydrogens (tertiary/aromatic N) is 1. The molecule has 2 rings (SSSR count). The lowest BCUT2D eigenvalue weighted by Gasteiger charge is -2.11. The van der Waals surface area contributed by atoms with Crippen molar-refractivity contribution < 1.29 is 4.79 Å². The Balaban J connectivity index is 2.07. The van der Waals surface area contributed by atoms with E-state index in [-0.39, 0.29) is 5.91 Å². The van der Waals surface area contributed by atoms with Crippen molar-refractivity contribution in [2.45, 2.75) is 6.54 Å². The summed E-state index contributed by atoms with van der Waals surface area (Å²) in [6.45, 7) is 4.69. The standard InChI is InChI=1S/C16H17N3O/c1-2-9-18-16(20)14-5-3-4-6-15(14)19-12-13-7-10-17-11-8-13/h2-8,10-11,19H,1,9,12H2,(H,18,20). The SMILES string of the molecule is C=CCNC(=O)c1ccccc1NCc1ccncc1. The molecular formula is C16H17N3O. The van der Waals surface area contributed by atoms with Crippen LogP contribution in [0.3, 0.4) is 0 Å². The normalized spacial score (nSPS) is 9.80. The maximum absolute atomic E-state index is 12.0. The summed E-state index contributed by atoms with van der Waals surface area (Å²) in [5.41, 5.74) is 2.55. The van der Waals surface area contributed by atoms with E-state index in [1.807, 2.05) is 30.3 Å². The van der Waals surface area contributed by atoms with Gasteiger partial charge in [-0.25, -0.2) is 0 Å². The number of amides is 1. The molecule has 20 heavy (non-hydrogen) atoms. The molecule has 1 aromatic carbocycles. The summed E-state index contributed by atoms with van der Waals surface area (Å²) in [5.74, 6) is -0.109. The zero-order chi connectivity index (χ0) is 14.2. The van der Waals surface area contributed by atoms with Gasteiger partial charge in [-0.3, -0.25) is 9.78 Å². The molecule has 1 heterocycles. The number of carbonyl (C=O) groups excluding carboxylic acids is 1. The van der Waals surface area contributed by atoms with Crippen molar-refractivity contribution in [2.24, 2.45) is 0 Å². The van der Waals surface area contributed by atoms with Gasteiger partial charge in [-0.2, -0.15) is 0 Å². The van der Waals surface area contributed by atoms with Gasteiger partial charge in [-0.15, -0.1) is 6.58 Å². The molecule has 2 aromatic rings. The Morgan fingerprint density at radius 2 is 1.95 bits per heavy atom.